The Morgan fingerprint density at radius 1 is 0.920 bits per heavy atom. The van der Waals surface area contributed by atoms with Gasteiger partial charge in [0.25, 0.3) is 0 Å². The Hall–Kier alpha value is -2.37. The molecule has 0 bridgehead atoms. The first kappa shape index (κ1) is 17.5. The highest BCUT2D eigenvalue weighted by atomic mass is 35.5. The fourth-order valence-electron chi connectivity index (χ4n) is 2.27. The van der Waals surface area contributed by atoms with Crippen LogP contribution in [0, 0.1) is 0 Å². The minimum Gasteiger partial charge on any atom is -0.366 e. The standard InChI is InChI=1S/C18H17Cl2N5/c19-15-2-1-14(16(20)11-15)5-9-22-18-23-10-6-17(25-18)24-12-13-3-7-21-8-4-13/h1-4,6-8,10-11H,5,9,12H2,(H2,22,23,24,25). The molecular formula is C18H17Cl2N5. The number of halogens is 2. The zero-order valence-corrected chi connectivity index (χ0v) is 14.9. The Kier molecular flexibility index (Phi) is 6.04. The lowest BCUT2D eigenvalue weighted by molar-refractivity contribution is 0.979. The molecular weight excluding hydrogens is 357 g/mol. The molecule has 2 N–H and O–H groups in total. The summed E-state index contributed by atoms with van der Waals surface area (Å²) in [7, 11) is 0. The molecule has 0 aliphatic carbocycles. The summed E-state index contributed by atoms with van der Waals surface area (Å²) >= 11 is 12.1. The zero-order valence-electron chi connectivity index (χ0n) is 13.4. The van der Waals surface area contributed by atoms with E-state index in [1.807, 2.05) is 30.3 Å². The number of hydrogen-bond donors (Lipinski definition) is 2. The third kappa shape index (κ3) is 5.31. The number of hydrogen-bond acceptors (Lipinski definition) is 5. The van der Waals surface area contributed by atoms with Gasteiger partial charge in [-0.1, -0.05) is 29.3 Å². The van der Waals surface area contributed by atoms with Gasteiger partial charge in [-0.2, -0.15) is 4.98 Å². The molecule has 1 aromatic carbocycles. The van der Waals surface area contributed by atoms with Gasteiger partial charge in [-0.15, -0.1) is 0 Å². The molecule has 2 aromatic heterocycles. The molecule has 0 spiro atoms. The normalized spacial score (nSPS) is 10.5. The van der Waals surface area contributed by atoms with Crippen LogP contribution in [-0.2, 0) is 13.0 Å². The van der Waals surface area contributed by atoms with Gasteiger partial charge in [-0.05, 0) is 47.9 Å². The lowest BCUT2D eigenvalue weighted by Crippen LogP contribution is -2.09. The van der Waals surface area contributed by atoms with Gasteiger partial charge in [0.1, 0.15) is 5.82 Å². The Bertz CT molecular complexity index is 827. The van der Waals surface area contributed by atoms with Crippen molar-refractivity contribution in [3.05, 3.63) is 76.2 Å². The van der Waals surface area contributed by atoms with E-state index >= 15 is 0 Å². The Morgan fingerprint density at radius 3 is 2.56 bits per heavy atom. The van der Waals surface area contributed by atoms with Gasteiger partial charge in [0.2, 0.25) is 5.95 Å². The maximum Gasteiger partial charge on any atom is 0.224 e. The highest BCUT2D eigenvalue weighted by Crippen LogP contribution is 2.21. The van der Waals surface area contributed by atoms with Crippen LogP contribution in [0.1, 0.15) is 11.1 Å². The van der Waals surface area contributed by atoms with Crippen molar-refractivity contribution >= 4 is 35.0 Å². The van der Waals surface area contributed by atoms with E-state index in [1.54, 1.807) is 24.7 Å². The summed E-state index contributed by atoms with van der Waals surface area (Å²) in [6.07, 6.45) is 6.02. The third-order valence-corrected chi connectivity index (χ3v) is 4.16. The second kappa shape index (κ2) is 8.65. The summed E-state index contributed by atoms with van der Waals surface area (Å²) in [4.78, 5) is 12.7. The topological polar surface area (TPSA) is 62.7 Å². The van der Waals surface area contributed by atoms with Crippen LogP contribution in [0.4, 0.5) is 11.8 Å². The molecule has 2 heterocycles. The van der Waals surface area contributed by atoms with Gasteiger partial charge in [-0.3, -0.25) is 4.98 Å². The van der Waals surface area contributed by atoms with Crippen molar-refractivity contribution in [3.8, 4) is 0 Å². The molecule has 3 aromatic rings. The predicted molar refractivity (Wildman–Crippen MR) is 102 cm³/mol. The van der Waals surface area contributed by atoms with Crippen molar-refractivity contribution in [3.63, 3.8) is 0 Å². The number of rotatable bonds is 7. The number of nitrogens with one attached hydrogen (secondary N) is 2. The summed E-state index contributed by atoms with van der Waals surface area (Å²) in [5.74, 6) is 1.34. The monoisotopic (exact) mass is 373 g/mol. The maximum absolute atomic E-state index is 6.18. The summed E-state index contributed by atoms with van der Waals surface area (Å²) in [5.41, 5.74) is 2.17. The van der Waals surface area contributed by atoms with Gasteiger partial charge >= 0.3 is 0 Å². The molecule has 5 nitrogen and oxygen atoms in total. The van der Waals surface area contributed by atoms with Crippen molar-refractivity contribution in [2.45, 2.75) is 13.0 Å². The van der Waals surface area contributed by atoms with E-state index in [-0.39, 0.29) is 0 Å². The van der Waals surface area contributed by atoms with E-state index in [2.05, 4.69) is 25.6 Å². The van der Waals surface area contributed by atoms with Gasteiger partial charge in [0, 0.05) is 41.7 Å². The largest absolute Gasteiger partial charge is 0.366 e. The molecule has 128 valence electrons. The van der Waals surface area contributed by atoms with Crippen LogP contribution in [0.2, 0.25) is 10.0 Å². The minimum atomic E-state index is 0.574. The third-order valence-electron chi connectivity index (χ3n) is 3.57. The van der Waals surface area contributed by atoms with Crippen LogP contribution in [0.5, 0.6) is 0 Å². The SMILES string of the molecule is Clc1ccc(CCNc2nccc(NCc3ccncc3)n2)c(Cl)c1. The number of anilines is 2. The molecule has 0 unspecified atom stereocenters. The number of nitrogens with zero attached hydrogens (tertiary/aromatic N) is 3. The molecule has 0 saturated carbocycles. The average molecular weight is 374 g/mol. The highest BCUT2D eigenvalue weighted by molar-refractivity contribution is 6.35. The van der Waals surface area contributed by atoms with Crippen molar-refractivity contribution in [2.75, 3.05) is 17.2 Å². The second-order valence-corrected chi connectivity index (χ2v) is 6.23. The van der Waals surface area contributed by atoms with Gasteiger partial charge in [0.15, 0.2) is 0 Å². The molecule has 0 aliphatic heterocycles. The molecule has 0 atom stereocenters. The Morgan fingerprint density at radius 2 is 1.76 bits per heavy atom. The van der Waals surface area contributed by atoms with E-state index < -0.39 is 0 Å². The minimum absolute atomic E-state index is 0.574. The van der Waals surface area contributed by atoms with E-state index in [0.717, 1.165) is 23.4 Å². The number of benzene rings is 1. The van der Waals surface area contributed by atoms with Crippen molar-refractivity contribution < 1.29 is 0 Å². The van der Waals surface area contributed by atoms with E-state index in [4.69, 9.17) is 23.2 Å². The summed E-state index contributed by atoms with van der Waals surface area (Å²) < 4.78 is 0. The quantitative estimate of drug-likeness (QED) is 0.640. The highest BCUT2D eigenvalue weighted by Gasteiger charge is 2.03. The zero-order chi connectivity index (χ0) is 17.5. The molecule has 0 amide bonds. The smallest absolute Gasteiger partial charge is 0.224 e. The fraction of sp³-hybridized carbons (Fsp3) is 0.167. The lowest BCUT2D eigenvalue weighted by Gasteiger charge is -2.09. The maximum atomic E-state index is 6.18. The molecule has 0 fully saturated rings. The summed E-state index contributed by atoms with van der Waals surface area (Å²) in [5, 5.41) is 7.79. The lowest BCUT2D eigenvalue weighted by atomic mass is 10.1. The van der Waals surface area contributed by atoms with Crippen LogP contribution in [0.25, 0.3) is 0 Å². The summed E-state index contributed by atoms with van der Waals surface area (Å²) in [6, 6.07) is 11.3. The van der Waals surface area contributed by atoms with E-state index in [9.17, 15) is 0 Å². The van der Waals surface area contributed by atoms with Crippen LogP contribution in [0.3, 0.4) is 0 Å². The second-order valence-electron chi connectivity index (χ2n) is 5.39. The first-order chi connectivity index (χ1) is 12.2. The number of pyridine rings is 1. The van der Waals surface area contributed by atoms with E-state index in [1.165, 1.54) is 0 Å². The molecule has 7 heteroatoms. The van der Waals surface area contributed by atoms with Crippen molar-refractivity contribution in [1.29, 1.82) is 0 Å². The first-order valence-electron chi connectivity index (χ1n) is 7.84. The van der Waals surface area contributed by atoms with Gasteiger partial charge in [0.05, 0.1) is 0 Å². The molecule has 0 saturated heterocycles. The van der Waals surface area contributed by atoms with Crippen LogP contribution in [-0.4, -0.2) is 21.5 Å². The van der Waals surface area contributed by atoms with Crippen molar-refractivity contribution in [2.24, 2.45) is 0 Å². The molecule has 25 heavy (non-hydrogen) atoms. The van der Waals surface area contributed by atoms with Crippen LogP contribution >= 0.6 is 23.2 Å². The first-order valence-corrected chi connectivity index (χ1v) is 8.60. The van der Waals surface area contributed by atoms with Crippen molar-refractivity contribution in [1.82, 2.24) is 15.0 Å². The number of aromatic nitrogens is 3. The van der Waals surface area contributed by atoms with E-state index in [0.29, 0.717) is 29.1 Å². The molecule has 3 rings (SSSR count). The Balaban J connectivity index is 1.53. The average Bonchev–Trinajstić information content (AvgIpc) is 2.63. The fourth-order valence-corrected chi connectivity index (χ4v) is 2.77. The van der Waals surface area contributed by atoms with Crippen LogP contribution in [0.15, 0.2) is 55.0 Å². The predicted octanol–water partition coefficient (Wildman–Crippen LogP) is 4.45. The molecule has 0 radical (unpaired) electrons. The molecule has 0 aliphatic rings. The van der Waals surface area contributed by atoms with Crippen LogP contribution < -0.4 is 10.6 Å². The summed E-state index contributed by atoms with van der Waals surface area (Å²) in [6.45, 7) is 1.36. The Labute approximate surface area is 156 Å². The van der Waals surface area contributed by atoms with Gasteiger partial charge in [-0.25, -0.2) is 4.98 Å². The van der Waals surface area contributed by atoms with Gasteiger partial charge < -0.3 is 10.6 Å².